The Morgan fingerprint density at radius 2 is 1.84 bits per heavy atom. The van der Waals surface area contributed by atoms with Gasteiger partial charge < -0.3 is 4.90 Å². The minimum absolute atomic E-state index is 0.0190. The number of rotatable bonds is 3. The molecule has 25 heavy (non-hydrogen) atoms. The first-order chi connectivity index (χ1) is 12.1. The summed E-state index contributed by atoms with van der Waals surface area (Å²) in [4.78, 5) is 16.3. The summed E-state index contributed by atoms with van der Waals surface area (Å²) in [6.07, 6.45) is 0.870. The van der Waals surface area contributed by atoms with Crippen LogP contribution in [0.1, 0.15) is 25.5 Å². The third kappa shape index (κ3) is 2.69. The second kappa shape index (κ2) is 6.12. The average Bonchev–Trinajstić information content (AvgIpc) is 3.25. The fourth-order valence-corrected chi connectivity index (χ4v) is 3.29. The molecule has 0 saturated heterocycles. The molecular formula is C19H19N5O. The summed E-state index contributed by atoms with van der Waals surface area (Å²) in [7, 11) is 0. The van der Waals surface area contributed by atoms with Crippen molar-refractivity contribution in [2.45, 2.75) is 32.4 Å². The van der Waals surface area contributed by atoms with Gasteiger partial charge >= 0.3 is 0 Å². The molecule has 0 saturated carbocycles. The van der Waals surface area contributed by atoms with Gasteiger partial charge in [-0.15, -0.1) is 10.2 Å². The molecule has 126 valence electrons. The Bertz CT molecular complexity index is 905. The maximum absolute atomic E-state index is 13.1. The Morgan fingerprint density at radius 1 is 1.12 bits per heavy atom. The molecule has 2 heterocycles. The van der Waals surface area contributed by atoms with E-state index in [1.807, 2.05) is 60.4 Å². The first-order valence-corrected chi connectivity index (χ1v) is 8.41. The molecule has 0 spiro atoms. The molecule has 0 radical (unpaired) electrons. The summed E-state index contributed by atoms with van der Waals surface area (Å²) in [5.41, 5.74) is 3.07. The normalized spacial score (nSPS) is 17.4. The first kappa shape index (κ1) is 15.5. The van der Waals surface area contributed by atoms with Gasteiger partial charge in [0.15, 0.2) is 0 Å². The van der Waals surface area contributed by atoms with Gasteiger partial charge in [-0.3, -0.25) is 4.79 Å². The third-order valence-electron chi connectivity index (χ3n) is 4.61. The Kier molecular flexibility index (Phi) is 3.80. The van der Waals surface area contributed by atoms with Crippen LogP contribution in [0, 0.1) is 0 Å². The molecule has 2 atom stereocenters. The SMILES string of the molecule is CC1Cc2ccccc2N1C(=O)C(C)n1nnc(-c2ccccc2)n1. The van der Waals surface area contributed by atoms with Crippen molar-refractivity contribution in [1.82, 2.24) is 20.2 Å². The van der Waals surface area contributed by atoms with Gasteiger partial charge in [-0.25, -0.2) is 0 Å². The Hall–Kier alpha value is -3.02. The van der Waals surface area contributed by atoms with E-state index in [0.29, 0.717) is 5.82 Å². The molecule has 6 nitrogen and oxygen atoms in total. The molecular weight excluding hydrogens is 314 g/mol. The summed E-state index contributed by atoms with van der Waals surface area (Å²) >= 11 is 0. The van der Waals surface area contributed by atoms with Crippen molar-refractivity contribution in [3.63, 3.8) is 0 Å². The fraction of sp³-hybridized carbons (Fsp3) is 0.263. The van der Waals surface area contributed by atoms with Crippen LogP contribution < -0.4 is 4.90 Å². The number of para-hydroxylation sites is 1. The van der Waals surface area contributed by atoms with E-state index in [9.17, 15) is 4.79 Å². The summed E-state index contributed by atoms with van der Waals surface area (Å²) in [6, 6.07) is 17.3. The van der Waals surface area contributed by atoms with E-state index < -0.39 is 6.04 Å². The van der Waals surface area contributed by atoms with Crippen LogP contribution in [0.5, 0.6) is 0 Å². The van der Waals surface area contributed by atoms with Gasteiger partial charge in [0.2, 0.25) is 5.82 Å². The number of hydrogen-bond acceptors (Lipinski definition) is 4. The Balaban J connectivity index is 1.60. The highest BCUT2D eigenvalue weighted by atomic mass is 16.2. The topological polar surface area (TPSA) is 63.9 Å². The number of amides is 1. The van der Waals surface area contributed by atoms with Crippen LogP contribution in [0.25, 0.3) is 11.4 Å². The fourth-order valence-electron chi connectivity index (χ4n) is 3.29. The minimum Gasteiger partial charge on any atom is -0.307 e. The number of hydrogen-bond donors (Lipinski definition) is 0. The summed E-state index contributed by atoms with van der Waals surface area (Å²) in [5.74, 6) is 0.504. The largest absolute Gasteiger partial charge is 0.307 e. The van der Waals surface area contributed by atoms with E-state index >= 15 is 0 Å². The van der Waals surface area contributed by atoms with Crippen LogP contribution in [0.2, 0.25) is 0 Å². The smallest absolute Gasteiger partial charge is 0.253 e. The second-order valence-corrected chi connectivity index (χ2v) is 6.37. The van der Waals surface area contributed by atoms with E-state index in [0.717, 1.165) is 17.7 Å². The highest BCUT2D eigenvalue weighted by molar-refractivity contribution is 5.98. The molecule has 1 aromatic heterocycles. The van der Waals surface area contributed by atoms with Crippen LogP contribution in [0.15, 0.2) is 54.6 Å². The lowest BCUT2D eigenvalue weighted by Gasteiger charge is -2.25. The lowest BCUT2D eigenvalue weighted by Crippen LogP contribution is -2.40. The van der Waals surface area contributed by atoms with Gasteiger partial charge in [0, 0.05) is 17.3 Å². The maximum Gasteiger partial charge on any atom is 0.253 e. The molecule has 1 aliphatic rings. The molecule has 3 aromatic rings. The molecule has 1 amide bonds. The van der Waals surface area contributed by atoms with Crippen LogP contribution in [0.4, 0.5) is 5.69 Å². The number of fused-ring (bicyclic) bond motifs is 1. The molecule has 2 aromatic carbocycles. The van der Waals surface area contributed by atoms with E-state index in [4.69, 9.17) is 0 Å². The molecule has 0 N–H and O–H groups in total. The van der Waals surface area contributed by atoms with Crippen molar-refractivity contribution in [1.29, 1.82) is 0 Å². The predicted molar refractivity (Wildman–Crippen MR) is 95.1 cm³/mol. The molecule has 0 fully saturated rings. The summed E-state index contributed by atoms with van der Waals surface area (Å²) in [6.45, 7) is 3.88. The van der Waals surface area contributed by atoms with Crippen LogP contribution in [0.3, 0.4) is 0 Å². The standard InChI is InChI=1S/C19H19N5O/c1-13-12-16-10-6-7-11-17(16)23(13)19(25)14(2)24-21-18(20-22-24)15-8-4-3-5-9-15/h3-11,13-14H,12H2,1-2H3. The quantitative estimate of drug-likeness (QED) is 0.739. The van der Waals surface area contributed by atoms with Gasteiger partial charge in [0.1, 0.15) is 6.04 Å². The van der Waals surface area contributed by atoms with Gasteiger partial charge in [-0.2, -0.15) is 4.80 Å². The molecule has 4 rings (SSSR count). The van der Waals surface area contributed by atoms with E-state index in [1.165, 1.54) is 10.4 Å². The number of carbonyl (C=O) groups excluding carboxylic acids is 1. The van der Waals surface area contributed by atoms with Crippen molar-refractivity contribution >= 4 is 11.6 Å². The summed E-state index contributed by atoms with van der Waals surface area (Å²) < 4.78 is 0. The number of anilines is 1. The monoisotopic (exact) mass is 333 g/mol. The lowest BCUT2D eigenvalue weighted by molar-refractivity contribution is -0.122. The maximum atomic E-state index is 13.1. The molecule has 1 aliphatic heterocycles. The highest BCUT2D eigenvalue weighted by Gasteiger charge is 2.34. The molecule has 0 bridgehead atoms. The highest BCUT2D eigenvalue weighted by Crippen LogP contribution is 2.33. The second-order valence-electron chi connectivity index (χ2n) is 6.37. The lowest BCUT2D eigenvalue weighted by atomic mass is 10.1. The van der Waals surface area contributed by atoms with Crippen LogP contribution >= 0.6 is 0 Å². The van der Waals surface area contributed by atoms with Crippen LogP contribution in [-0.4, -0.2) is 32.2 Å². The minimum atomic E-state index is -0.515. The molecule has 0 aliphatic carbocycles. The van der Waals surface area contributed by atoms with Crippen molar-refractivity contribution in [3.8, 4) is 11.4 Å². The number of nitrogens with zero attached hydrogens (tertiary/aromatic N) is 5. The Labute approximate surface area is 146 Å². The van der Waals surface area contributed by atoms with E-state index in [2.05, 4.69) is 28.4 Å². The molecule has 2 unspecified atom stereocenters. The Morgan fingerprint density at radius 3 is 2.64 bits per heavy atom. The van der Waals surface area contributed by atoms with Crippen molar-refractivity contribution in [2.75, 3.05) is 4.90 Å². The number of carbonyl (C=O) groups is 1. The summed E-state index contributed by atoms with van der Waals surface area (Å²) in [5, 5.41) is 12.6. The van der Waals surface area contributed by atoms with Crippen molar-refractivity contribution in [2.24, 2.45) is 0 Å². The van der Waals surface area contributed by atoms with Gasteiger partial charge in [0.25, 0.3) is 5.91 Å². The third-order valence-corrected chi connectivity index (χ3v) is 4.61. The van der Waals surface area contributed by atoms with Crippen molar-refractivity contribution < 1.29 is 4.79 Å². The zero-order valence-corrected chi connectivity index (χ0v) is 14.2. The average molecular weight is 333 g/mol. The van der Waals surface area contributed by atoms with Crippen LogP contribution in [-0.2, 0) is 11.2 Å². The van der Waals surface area contributed by atoms with Gasteiger partial charge in [0.05, 0.1) is 0 Å². The zero-order chi connectivity index (χ0) is 17.4. The molecule has 6 heteroatoms. The van der Waals surface area contributed by atoms with Crippen molar-refractivity contribution in [3.05, 3.63) is 60.2 Å². The first-order valence-electron chi connectivity index (χ1n) is 8.41. The van der Waals surface area contributed by atoms with E-state index in [-0.39, 0.29) is 11.9 Å². The van der Waals surface area contributed by atoms with E-state index in [1.54, 1.807) is 0 Å². The zero-order valence-electron chi connectivity index (χ0n) is 14.2. The van der Waals surface area contributed by atoms with Gasteiger partial charge in [-0.05, 0) is 37.1 Å². The predicted octanol–water partition coefficient (Wildman–Crippen LogP) is 2.88. The number of benzene rings is 2. The number of tetrazole rings is 1. The van der Waals surface area contributed by atoms with Gasteiger partial charge in [-0.1, -0.05) is 48.5 Å². The number of aromatic nitrogens is 4.